The number of fused-ring (bicyclic) bond motifs is 1. The molecule has 27 heavy (non-hydrogen) atoms. The summed E-state index contributed by atoms with van der Waals surface area (Å²) in [6.07, 6.45) is 2.83. The largest absolute Gasteiger partial charge is 0.395 e. The molecule has 0 aliphatic carbocycles. The zero-order valence-corrected chi connectivity index (χ0v) is 14.9. The number of benzene rings is 1. The van der Waals surface area contributed by atoms with Crippen molar-refractivity contribution in [3.8, 4) is 11.3 Å². The van der Waals surface area contributed by atoms with Crippen LogP contribution in [0.25, 0.3) is 11.3 Å². The van der Waals surface area contributed by atoms with E-state index in [1.807, 2.05) is 41.3 Å². The molecule has 1 aromatic heterocycles. The van der Waals surface area contributed by atoms with Crippen LogP contribution in [-0.2, 0) is 6.54 Å². The highest BCUT2D eigenvalue weighted by Crippen LogP contribution is 2.24. The fraction of sp³-hybridized carbons (Fsp3) is 0.316. The first-order chi connectivity index (χ1) is 13.3. The minimum absolute atomic E-state index is 0.0314. The number of hydrogen-bond acceptors (Lipinski definition) is 7. The first-order valence-electron chi connectivity index (χ1n) is 9.07. The number of aliphatic hydroxyl groups excluding tert-OH is 1. The van der Waals surface area contributed by atoms with Crippen molar-refractivity contribution in [2.45, 2.75) is 13.0 Å². The van der Waals surface area contributed by atoms with Gasteiger partial charge in [0, 0.05) is 31.3 Å². The summed E-state index contributed by atoms with van der Waals surface area (Å²) >= 11 is 0. The molecule has 0 atom stereocenters. The molecule has 4 rings (SSSR count). The van der Waals surface area contributed by atoms with Crippen LogP contribution >= 0.6 is 0 Å². The van der Waals surface area contributed by atoms with E-state index in [-0.39, 0.29) is 12.2 Å². The number of hydrogen-bond donors (Lipinski definition) is 3. The van der Waals surface area contributed by atoms with Crippen LogP contribution < -0.4 is 21.1 Å². The molecule has 0 unspecified atom stereocenters. The Bertz CT molecular complexity index is 935. The molecule has 8 nitrogen and oxygen atoms in total. The van der Waals surface area contributed by atoms with E-state index >= 15 is 0 Å². The Morgan fingerprint density at radius 2 is 2.07 bits per heavy atom. The van der Waals surface area contributed by atoms with E-state index in [1.54, 1.807) is 10.6 Å². The van der Waals surface area contributed by atoms with Crippen molar-refractivity contribution in [1.82, 2.24) is 20.2 Å². The standard InChI is InChI=1S/C19H22N6O2/c26-12-9-21-18-20-8-7-16(23-18)24-10-4-11-25-17(27)13-15(22-19(24)25)14-5-2-1-3-6-14/h1-3,5-7,13,26H,4,8-12H2,(H2,20,21,23). The van der Waals surface area contributed by atoms with Crippen molar-refractivity contribution >= 4 is 11.9 Å². The van der Waals surface area contributed by atoms with Crippen LogP contribution in [0, 0.1) is 0 Å². The van der Waals surface area contributed by atoms with E-state index in [0.717, 1.165) is 24.4 Å². The number of nitrogens with zero attached hydrogens (tertiary/aromatic N) is 4. The third-order valence-corrected chi connectivity index (χ3v) is 4.54. The lowest BCUT2D eigenvalue weighted by Crippen LogP contribution is -2.48. The van der Waals surface area contributed by atoms with Crippen molar-refractivity contribution in [1.29, 1.82) is 0 Å². The van der Waals surface area contributed by atoms with Gasteiger partial charge in [-0.1, -0.05) is 30.3 Å². The summed E-state index contributed by atoms with van der Waals surface area (Å²) in [5.41, 5.74) is 1.54. The smallest absolute Gasteiger partial charge is 0.255 e. The molecule has 0 bridgehead atoms. The van der Waals surface area contributed by atoms with Crippen molar-refractivity contribution in [2.24, 2.45) is 4.99 Å². The summed E-state index contributed by atoms with van der Waals surface area (Å²) < 4.78 is 1.71. The fourth-order valence-corrected chi connectivity index (χ4v) is 3.27. The Balaban J connectivity index is 1.68. The fourth-order valence-electron chi connectivity index (χ4n) is 3.27. The molecular weight excluding hydrogens is 344 g/mol. The van der Waals surface area contributed by atoms with Gasteiger partial charge in [0.15, 0.2) is 5.96 Å². The van der Waals surface area contributed by atoms with Crippen LogP contribution in [0.4, 0.5) is 5.95 Å². The number of guanidine groups is 1. The van der Waals surface area contributed by atoms with Crippen molar-refractivity contribution in [3.63, 3.8) is 0 Å². The van der Waals surface area contributed by atoms with Crippen LogP contribution in [0.5, 0.6) is 0 Å². The van der Waals surface area contributed by atoms with Crippen LogP contribution in [0.1, 0.15) is 6.42 Å². The van der Waals surface area contributed by atoms with Crippen molar-refractivity contribution < 1.29 is 5.11 Å². The molecular formula is C19H22N6O2. The quantitative estimate of drug-likeness (QED) is 0.730. The second-order valence-corrected chi connectivity index (χ2v) is 6.36. The van der Waals surface area contributed by atoms with Crippen molar-refractivity contribution in [2.75, 3.05) is 31.1 Å². The lowest BCUT2D eigenvalue weighted by Gasteiger charge is -2.34. The van der Waals surface area contributed by atoms with E-state index in [4.69, 9.17) is 10.1 Å². The second-order valence-electron chi connectivity index (χ2n) is 6.36. The molecule has 2 aliphatic heterocycles. The first kappa shape index (κ1) is 17.3. The van der Waals surface area contributed by atoms with Gasteiger partial charge < -0.3 is 15.7 Å². The maximum Gasteiger partial charge on any atom is 0.255 e. The van der Waals surface area contributed by atoms with E-state index < -0.39 is 0 Å². The van der Waals surface area contributed by atoms with E-state index in [9.17, 15) is 4.79 Å². The molecule has 0 spiro atoms. The van der Waals surface area contributed by atoms with Gasteiger partial charge in [-0.3, -0.25) is 14.3 Å². The molecule has 3 heterocycles. The average Bonchev–Trinajstić information content (AvgIpc) is 2.72. The second kappa shape index (κ2) is 7.63. The van der Waals surface area contributed by atoms with Gasteiger partial charge >= 0.3 is 0 Å². The molecule has 0 fully saturated rings. The molecule has 140 valence electrons. The highest BCUT2D eigenvalue weighted by Gasteiger charge is 2.25. The van der Waals surface area contributed by atoms with Gasteiger partial charge in [-0.15, -0.1) is 0 Å². The summed E-state index contributed by atoms with van der Waals surface area (Å²) in [5.74, 6) is 2.09. The molecule has 8 heteroatoms. The average molecular weight is 366 g/mol. The van der Waals surface area contributed by atoms with Gasteiger partial charge in [0.05, 0.1) is 18.8 Å². The van der Waals surface area contributed by atoms with Gasteiger partial charge in [0.1, 0.15) is 5.82 Å². The Labute approximate surface area is 156 Å². The Morgan fingerprint density at radius 1 is 1.22 bits per heavy atom. The molecule has 0 saturated heterocycles. The lowest BCUT2D eigenvalue weighted by atomic mass is 10.1. The van der Waals surface area contributed by atoms with Crippen LogP contribution in [0.2, 0.25) is 0 Å². The molecule has 0 amide bonds. The highest BCUT2D eigenvalue weighted by molar-refractivity contribution is 5.83. The SMILES string of the molecule is O=c1cc(-c2ccccc2)nc2n1CCCN2C1=CCN=C(NCCO)N1. The summed E-state index contributed by atoms with van der Waals surface area (Å²) in [5, 5.41) is 15.3. The minimum atomic E-state index is -0.0488. The number of nitrogens with one attached hydrogen (secondary N) is 2. The number of rotatable bonds is 4. The molecule has 2 aromatic rings. The van der Waals surface area contributed by atoms with Gasteiger partial charge in [-0.25, -0.2) is 9.98 Å². The van der Waals surface area contributed by atoms with E-state index in [1.165, 1.54) is 0 Å². The number of aliphatic hydroxyl groups is 1. The topological polar surface area (TPSA) is 94.8 Å². The summed E-state index contributed by atoms with van der Waals surface area (Å²) in [4.78, 5) is 23.8. The van der Waals surface area contributed by atoms with Crippen LogP contribution in [0.15, 0.2) is 58.1 Å². The predicted molar refractivity (Wildman–Crippen MR) is 105 cm³/mol. The maximum atomic E-state index is 12.7. The highest BCUT2D eigenvalue weighted by atomic mass is 16.3. The zero-order valence-electron chi connectivity index (χ0n) is 14.9. The minimum Gasteiger partial charge on any atom is -0.395 e. The summed E-state index contributed by atoms with van der Waals surface area (Å²) in [7, 11) is 0. The number of aliphatic imine (C=N–C) groups is 1. The third kappa shape index (κ3) is 3.56. The first-order valence-corrected chi connectivity index (χ1v) is 9.07. The number of aromatic nitrogens is 2. The number of anilines is 1. The molecule has 1 aromatic carbocycles. The molecule has 2 aliphatic rings. The Hall–Kier alpha value is -3.13. The monoisotopic (exact) mass is 366 g/mol. The van der Waals surface area contributed by atoms with Gasteiger partial charge in [0.2, 0.25) is 5.95 Å². The van der Waals surface area contributed by atoms with Crippen LogP contribution in [-0.4, -0.2) is 46.9 Å². The van der Waals surface area contributed by atoms with Crippen molar-refractivity contribution in [3.05, 3.63) is 58.6 Å². The van der Waals surface area contributed by atoms with Gasteiger partial charge in [-0.2, -0.15) is 0 Å². The third-order valence-electron chi connectivity index (χ3n) is 4.54. The maximum absolute atomic E-state index is 12.7. The lowest BCUT2D eigenvalue weighted by molar-refractivity contribution is 0.300. The van der Waals surface area contributed by atoms with Crippen LogP contribution in [0.3, 0.4) is 0 Å². The Morgan fingerprint density at radius 3 is 2.89 bits per heavy atom. The predicted octanol–water partition coefficient (Wildman–Crippen LogP) is 0.503. The van der Waals surface area contributed by atoms with Gasteiger partial charge in [-0.05, 0) is 12.5 Å². The van der Waals surface area contributed by atoms with Gasteiger partial charge in [0.25, 0.3) is 5.56 Å². The van der Waals surface area contributed by atoms with E-state index in [2.05, 4.69) is 15.6 Å². The molecule has 3 N–H and O–H groups in total. The molecule has 0 radical (unpaired) electrons. The zero-order chi connectivity index (χ0) is 18.6. The molecule has 0 saturated carbocycles. The summed E-state index contributed by atoms with van der Waals surface area (Å²) in [6.45, 7) is 2.39. The normalized spacial score (nSPS) is 16.1. The summed E-state index contributed by atoms with van der Waals surface area (Å²) in [6, 6.07) is 11.3. The Kier molecular flexibility index (Phi) is 4.88. The van der Waals surface area contributed by atoms with E-state index in [0.29, 0.717) is 37.2 Å².